The summed E-state index contributed by atoms with van der Waals surface area (Å²) >= 11 is 1.37. The van der Waals surface area contributed by atoms with E-state index in [1.807, 2.05) is 66.7 Å². The molecule has 26 heavy (non-hydrogen) atoms. The Morgan fingerprint density at radius 2 is 1.88 bits per heavy atom. The first-order chi connectivity index (χ1) is 12.7. The van der Waals surface area contributed by atoms with Gasteiger partial charge in [0.2, 0.25) is 4.96 Å². The monoisotopic (exact) mass is 361 g/mol. The first kappa shape index (κ1) is 16.2. The van der Waals surface area contributed by atoms with Gasteiger partial charge in [0, 0.05) is 11.6 Å². The number of fused-ring (bicyclic) bond motifs is 1. The van der Waals surface area contributed by atoms with Crippen molar-refractivity contribution in [3.63, 3.8) is 0 Å². The van der Waals surface area contributed by atoms with Gasteiger partial charge in [-0.2, -0.15) is 9.61 Å². The minimum Gasteiger partial charge on any atom is -0.497 e. The number of rotatable bonds is 4. The molecule has 0 saturated carbocycles. The lowest BCUT2D eigenvalue weighted by atomic mass is 10.2. The molecule has 2 aromatic carbocycles. The zero-order valence-corrected chi connectivity index (χ0v) is 14.8. The summed E-state index contributed by atoms with van der Waals surface area (Å²) in [5, 5.41) is 5.12. The predicted molar refractivity (Wildman–Crippen MR) is 104 cm³/mol. The van der Waals surface area contributed by atoms with E-state index in [0.717, 1.165) is 21.9 Å². The molecular weight excluding hydrogens is 346 g/mol. The average molecular weight is 361 g/mol. The lowest BCUT2D eigenvalue weighted by Crippen LogP contribution is -2.14. The van der Waals surface area contributed by atoms with Gasteiger partial charge < -0.3 is 4.74 Å². The van der Waals surface area contributed by atoms with Gasteiger partial charge in [-0.25, -0.2) is 4.98 Å². The molecule has 0 saturated heterocycles. The van der Waals surface area contributed by atoms with Crippen molar-refractivity contribution >= 4 is 28.4 Å². The topological polar surface area (TPSA) is 56.5 Å². The number of ether oxygens (including phenoxy) is 1. The minimum absolute atomic E-state index is 0.201. The molecule has 0 fully saturated rings. The van der Waals surface area contributed by atoms with Gasteiger partial charge in [0.25, 0.3) is 5.56 Å². The van der Waals surface area contributed by atoms with Crippen LogP contribution in [0.5, 0.6) is 5.75 Å². The smallest absolute Gasteiger partial charge is 0.275 e. The molecular formula is C20H15N3O2S. The van der Waals surface area contributed by atoms with Crippen LogP contribution < -0.4 is 10.3 Å². The van der Waals surface area contributed by atoms with E-state index < -0.39 is 0 Å². The zero-order chi connectivity index (χ0) is 17.9. The summed E-state index contributed by atoms with van der Waals surface area (Å²) in [4.78, 5) is 17.5. The molecule has 0 aliphatic rings. The molecule has 0 aliphatic heterocycles. The Kier molecular flexibility index (Phi) is 4.33. The van der Waals surface area contributed by atoms with Crippen molar-refractivity contribution in [2.24, 2.45) is 0 Å². The van der Waals surface area contributed by atoms with Crippen LogP contribution in [0, 0.1) is 0 Å². The van der Waals surface area contributed by atoms with Crippen LogP contribution in [0.25, 0.3) is 27.7 Å². The van der Waals surface area contributed by atoms with Crippen molar-refractivity contribution < 1.29 is 4.74 Å². The van der Waals surface area contributed by atoms with Crippen LogP contribution in [-0.2, 0) is 0 Å². The average Bonchev–Trinajstić information content (AvgIpc) is 3.12. The normalized spacial score (nSPS) is 11.3. The van der Waals surface area contributed by atoms with Crippen LogP contribution in [0.15, 0.2) is 65.5 Å². The Morgan fingerprint density at radius 1 is 1.04 bits per heavy atom. The van der Waals surface area contributed by atoms with E-state index in [-0.39, 0.29) is 5.56 Å². The summed E-state index contributed by atoms with van der Waals surface area (Å²) in [5.41, 5.74) is 2.35. The summed E-state index contributed by atoms with van der Waals surface area (Å²) < 4.78 is 6.58. The lowest BCUT2D eigenvalue weighted by Gasteiger charge is -2.00. The molecule has 6 heteroatoms. The second kappa shape index (κ2) is 6.93. The van der Waals surface area contributed by atoms with Crippen molar-refractivity contribution in [3.05, 3.63) is 82.3 Å². The molecule has 2 aromatic heterocycles. The Bertz CT molecular complexity index is 1150. The fraction of sp³-hybridized carbons (Fsp3) is 0.0500. The van der Waals surface area contributed by atoms with Crippen molar-refractivity contribution in [1.82, 2.24) is 14.6 Å². The first-order valence-electron chi connectivity index (χ1n) is 8.01. The number of hydrogen-bond donors (Lipinski definition) is 0. The van der Waals surface area contributed by atoms with E-state index in [4.69, 9.17) is 4.74 Å². The maximum absolute atomic E-state index is 12.4. The molecule has 0 bridgehead atoms. The van der Waals surface area contributed by atoms with E-state index in [0.29, 0.717) is 10.7 Å². The largest absolute Gasteiger partial charge is 0.497 e. The summed E-state index contributed by atoms with van der Waals surface area (Å²) in [6.07, 6.45) is 3.77. The highest BCUT2D eigenvalue weighted by atomic mass is 32.1. The highest BCUT2D eigenvalue weighted by Crippen LogP contribution is 2.27. The number of benzene rings is 2. The van der Waals surface area contributed by atoms with Crippen LogP contribution >= 0.6 is 11.3 Å². The molecule has 4 aromatic rings. The molecule has 0 atom stereocenters. The van der Waals surface area contributed by atoms with Gasteiger partial charge in [-0.3, -0.25) is 4.79 Å². The molecule has 2 heterocycles. The molecule has 0 aliphatic carbocycles. The fourth-order valence-electron chi connectivity index (χ4n) is 2.53. The molecule has 0 radical (unpaired) electrons. The van der Waals surface area contributed by atoms with Crippen molar-refractivity contribution in [1.29, 1.82) is 0 Å². The highest BCUT2D eigenvalue weighted by Gasteiger charge is 2.10. The third-order valence-corrected chi connectivity index (χ3v) is 4.79. The van der Waals surface area contributed by atoms with Gasteiger partial charge in [-0.05, 0) is 23.8 Å². The van der Waals surface area contributed by atoms with Gasteiger partial charge in [0.1, 0.15) is 10.8 Å². The molecule has 0 unspecified atom stereocenters. The van der Waals surface area contributed by atoms with Crippen LogP contribution in [0.1, 0.15) is 11.3 Å². The lowest BCUT2D eigenvalue weighted by molar-refractivity contribution is 0.415. The van der Waals surface area contributed by atoms with Crippen molar-refractivity contribution in [2.75, 3.05) is 7.11 Å². The number of nitrogens with zero attached hydrogens (tertiary/aromatic N) is 3. The van der Waals surface area contributed by atoms with Gasteiger partial charge in [-0.1, -0.05) is 59.9 Å². The molecule has 0 spiro atoms. The molecule has 5 nitrogen and oxygen atoms in total. The third-order valence-electron chi connectivity index (χ3n) is 3.83. The third kappa shape index (κ3) is 3.27. The highest BCUT2D eigenvalue weighted by molar-refractivity contribution is 7.19. The van der Waals surface area contributed by atoms with E-state index in [2.05, 4.69) is 10.1 Å². The summed E-state index contributed by atoms with van der Waals surface area (Å²) in [7, 11) is 1.62. The Morgan fingerprint density at radius 3 is 2.69 bits per heavy atom. The maximum atomic E-state index is 12.4. The van der Waals surface area contributed by atoms with E-state index in [1.54, 1.807) is 7.11 Å². The molecule has 128 valence electrons. The fourth-order valence-corrected chi connectivity index (χ4v) is 3.44. The van der Waals surface area contributed by atoms with Crippen molar-refractivity contribution in [2.45, 2.75) is 0 Å². The number of hydrogen-bond acceptors (Lipinski definition) is 5. The van der Waals surface area contributed by atoms with Gasteiger partial charge in [0.05, 0.1) is 12.8 Å². The number of methoxy groups -OCH3 is 1. The minimum atomic E-state index is -0.201. The zero-order valence-electron chi connectivity index (χ0n) is 14.0. The van der Waals surface area contributed by atoms with E-state index in [1.165, 1.54) is 21.9 Å². The Labute approximate surface area is 153 Å². The van der Waals surface area contributed by atoms with Gasteiger partial charge in [-0.15, -0.1) is 0 Å². The molecule has 0 N–H and O–H groups in total. The number of aromatic nitrogens is 3. The quantitative estimate of drug-likeness (QED) is 0.551. The standard InChI is InChI=1S/C20H15N3O2S/c1-25-17-9-5-8-15(12-17)19-22-23-18(24)13-16(21-20(23)26-19)11-10-14-6-3-2-4-7-14/h2-13H,1H3. The van der Waals surface area contributed by atoms with Crippen LogP contribution in [-0.4, -0.2) is 21.7 Å². The van der Waals surface area contributed by atoms with E-state index >= 15 is 0 Å². The van der Waals surface area contributed by atoms with Crippen LogP contribution in [0.4, 0.5) is 0 Å². The van der Waals surface area contributed by atoms with E-state index in [9.17, 15) is 4.79 Å². The van der Waals surface area contributed by atoms with Gasteiger partial charge >= 0.3 is 0 Å². The van der Waals surface area contributed by atoms with Crippen LogP contribution in [0.3, 0.4) is 0 Å². The van der Waals surface area contributed by atoms with Crippen LogP contribution in [0.2, 0.25) is 0 Å². The summed E-state index contributed by atoms with van der Waals surface area (Å²) in [5.74, 6) is 0.744. The summed E-state index contributed by atoms with van der Waals surface area (Å²) in [6.45, 7) is 0. The maximum Gasteiger partial charge on any atom is 0.275 e. The second-order valence-electron chi connectivity index (χ2n) is 5.60. The first-order valence-corrected chi connectivity index (χ1v) is 8.83. The molecule has 0 amide bonds. The Hall–Kier alpha value is -3.25. The summed E-state index contributed by atoms with van der Waals surface area (Å²) in [6, 6.07) is 19.0. The predicted octanol–water partition coefficient (Wildman–Crippen LogP) is 4.00. The second-order valence-corrected chi connectivity index (χ2v) is 6.55. The van der Waals surface area contributed by atoms with Crippen molar-refractivity contribution in [3.8, 4) is 16.3 Å². The molecule has 4 rings (SSSR count). The van der Waals surface area contributed by atoms with Gasteiger partial charge in [0.15, 0.2) is 0 Å². The Balaban J connectivity index is 1.73. The SMILES string of the molecule is COc1cccc(-c2nn3c(=O)cc(C=Cc4ccccc4)nc3s2)c1.